The van der Waals surface area contributed by atoms with Gasteiger partial charge < -0.3 is 4.74 Å². The van der Waals surface area contributed by atoms with Crippen molar-refractivity contribution in [2.75, 3.05) is 6.61 Å². The molecule has 1 atom stereocenters. The maximum Gasteiger partial charge on any atom is 0.123 e. The van der Waals surface area contributed by atoms with E-state index < -0.39 is 0 Å². The van der Waals surface area contributed by atoms with E-state index in [1.54, 1.807) is 0 Å². The molecule has 0 spiro atoms. The van der Waals surface area contributed by atoms with E-state index in [1.165, 1.54) is 20.3 Å². The van der Waals surface area contributed by atoms with Gasteiger partial charge in [0.25, 0.3) is 0 Å². The van der Waals surface area contributed by atoms with Crippen LogP contribution >= 0.6 is 34.2 Å². The predicted molar refractivity (Wildman–Crippen MR) is 96.6 cm³/mol. The molecule has 1 aliphatic heterocycles. The third kappa shape index (κ3) is 2.68. The highest BCUT2D eigenvalue weighted by molar-refractivity contribution is 14.1. The van der Waals surface area contributed by atoms with E-state index in [2.05, 4.69) is 79.8 Å². The number of fused-ring (bicyclic) bond motifs is 1. The molecule has 21 heavy (non-hydrogen) atoms. The van der Waals surface area contributed by atoms with E-state index in [0.717, 1.165) is 17.9 Å². The summed E-state index contributed by atoms with van der Waals surface area (Å²) in [6.45, 7) is 7.28. The Morgan fingerprint density at radius 1 is 1.24 bits per heavy atom. The van der Waals surface area contributed by atoms with Crippen molar-refractivity contribution in [1.82, 2.24) is 0 Å². The molecule has 1 heterocycles. The topological polar surface area (TPSA) is 9.23 Å². The number of benzene rings is 2. The van der Waals surface area contributed by atoms with Crippen LogP contribution in [0.4, 0.5) is 0 Å². The van der Waals surface area contributed by atoms with Gasteiger partial charge in [0.2, 0.25) is 0 Å². The van der Waals surface area contributed by atoms with E-state index in [9.17, 15) is 0 Å². The molecule has 2 aromatic rings. The molecule has 0 fully saturated rings. The number of ether oxygens (including phenoxy) is 1. The zero-order valence-corrected chi connectivity index (χ0v) is 15.3. The van der Waals surface area contributed by atoms with Crippen LogP contribution in [-0.2, 0) is 5.41 Å². The van der Waals surface area contributed by atoms with Gasteiger partial charge in [-0.15, -0.1) is 11.6 Å². The molecule has 0 N–H and O–H groups in total. The number of hydrogen-bond acceptors (Lipinski definition) is 1. The molecular formula is C18H18ClIO. The molecule has 3 rings (SSSR count). The standard InChI is InChI=1S/C18H18ClIO/c1-11-5-4-6-13(17(11)20)16(19)12-7-8-15-14(9-12)18(2,3)10-21-15/h4-9,16H,10H2,1-3H3. The Balaban J connectivity index is 2.03. The summed E-state index contributed by atoms with van der Waals surface area (Å²) in [7, 11) is 0. The lowest BCUT2D eigenvalue weighted by atomic mass is 9.85. The monoisotopic (exact) mass is 412 g/mol. The summed E-state index contributed by atoms with van der Waals surface area (Å²) in [5.41, 5.74) is 4.89. The average molecular weight is 413 g/mol. The highest BCUT2D eigenvalue weighted by atomic mass is 127. The molecule has 0 radical (unpaired) electrons. The fraction of sp³-hybridized carbons (Fsp3) is 0.333. The van der Waals surface area contributed by atoms with E-state index in [1.807, 2.05) is 0 Å². The fourth-order valence-corrected chi connectivity index (χ4v) is 3.91. The van der Waals surface area contributed by atoms with Crippen LogP contribution in [0.3, 0.4) is 0 Å². The third-order valence-electron chi connectivity index (χ3n) is 4.11. The fourth-order valence-electron chi connectivity index (χ4n) is 2.74. The number of halogens is 2. The van der Waals surface area contributed by atoms with Gasteiger partial charge in [-0.2, -0.15) is 0 Å². The molecule has 0 aliphatic carbocycles. The quantitative estimate of drug-likeness (QED) is 0.461. The molecule has 2 aromatic carbocycles. The van der Waals surface area contributed by atoms with Crippen molar-refractivity contribution < 1.29 is 4.74 Å². The van der Waals surface area contributed by atoms with Crippen LogP contribution in [0.15, 0.2) is 36.4 Å². The van der Waals surface area contributed by atoms with Crippen LogP contribution in [0.2, 0.25) is 0 Å². The Bertz CT molecular complexity index is 694. The Labute approximate surface area is 144 Å². The number of aryl methyl sites for hydroxylation is 1. The van der Waals surface area contributed by atoms with Crippen molar-refractivity contribution in [3.63, 3.8) is 0 Å². The lowest BCUT2D eigenvalue weighted by Crippen LogP contribution is -2.18. The molecule has 1 aliphatic rings. The number of rotatable bonds is 2. The minimum atomic E-state index is -0.126. The summed E-state index contributed by atoms with van der Waals surface area (Å²) in [5, 5.41) is -0.126. The van der Waals surface area contributed by atoms with Crippen molar-refractivity contribution in [2.24, 2.45) is 0 Å². The highest BCUT2D eigenvalue weighted by Gasteiger charge is 2.32. The van der Waals surface area contributed by atoms with Crippen molar-refractivity contribution >= 4 is 34.2 Å². The lowest BCUT2D eigenvalue weighted by molar-refractivity contribution is 0.291. The summed E-state index contributed by atoms with van der Waals surface area (Å²) in [5.74, 6) is 0.992. The predicted octanol–water partition coefficient (Wildman–Crippen LogP) is 5.60. The molecule has 110 valence electrons. The van der Waals surface area contributed by atoms with Crippen LogP contribution < -0.4 is 4.74 Å². The first-order chi connectivity index (χ1) is 9.90. The lowest BCUT2D eigenvalue weighted by Gasteiger charge is -2.18. The Hall–Kier alpha value is -0.740. The smallest absolute Gasteiger partial charge is 0.123 e. The largest absolute Gasteiger partial charge is 0.492 e. The highest BCUT2D eigenvalue weighted by Crippen LogP contribution is 2.42. The summed E-state index contributed by atoms with van der Waals surface area (Å²) >= 11 is 9.14. The third-order valence-corrected chi connectivity index (χ3v) is 6.07. The van der Waals surface area contributed by atoms with Crippen LogP contribution in [0.5, 0.6) is 5.75 Å². The average Bonchev–Trinajstić information content (AvgIpc) is 2.76. The van der Waals surface area contributed by atoms with E-state index in [0.29, 0.717) is 0 Å². The van der Waals surface area contributed by atoms with Crippen LogP contribution in [0.25, 0.3) is 0 Å². The molecule has 0 amide bonds. The number of hydrogen-bond donors (Lipinski definition) is 0. The SMILES string of the molecule is Cc1cccc(C(Cl)c2ccc3c(c2)C(C)(C)CO3)c1I. The second kappa shape index (κ2) is 5.47. The van der Waals surface area contributed by atoms with Crippen LogP contribution in [0, 0.1) is 10.5 Å². The van der Waals surface area contributed by atoms with Crippen molar-refractivity contribution in [3.8, 4) is 5.75 Å². The summed E-state index contributed by atoms with van der Waals surface area (Å²) in [6.07, 6.45) is 0. The van der Waals surface area contributed by atoms with Gasteiger partial charge in [-0.3, -0.25) is 0 Å². The van der Waals surface area contributed by atoms with Gasteiger partial charge in [-0.25, -0.2) is 0 Å². The minimum Gasteiger partial charge on any atom is -0.492 e. The molecule has 3 heteroatoms. The first-order valence-corrected chi connectivity index (χ1v) is 8.58. The van der Waals surface area contributed by atoms with Gasteiger partial charge in [0.05, 0.1) is 12.0 Å². The number of alkyl halides is 1. The first kappa shape index (κ1) is 15.2. The van der Waals surface area contributed by atoms with Gasteiger partial charge in [0.1, 0.15) is 5.75 Å². The maximum absolute atomic E-state index is 6.76. The molecule has 0 aromatic heterocycles. The van der Waals surface area contributed by atoms with Gasteiger partial charge in [-0.05, 0) is 58.3 Å². The molecule has 1 nitrogen and oxygen atoms in total. The van der Waals surface area contributed by atoms with Crippen LogP contribution in [-0.4, -0.2) is 6.61 Å². The van der Waals surface area contributed by atoms with E-state index in [-0.39, 0.29) is 10.8 Å². The normalized spacial score (nSPS) is 17.2. The molecule has 0 saturated carbocycles. The Kier molecular flexibility index (Phi) is 3.95. The Morgan fingerprint density at radius 3 is 2.76 bits per heavy atom. The summed E-state index contributed by atoms with van der Waals surface area (Å²) in [6, 6.07) is 12.6. The maximum atomic E-state index is 6.76. The van der Waals surface area contributed by atoms with Crippen molar-refractivity contribution in [3.05, 3.63) is 62.2 Å². The van der Waals surface area contributed by atoms with Gasteiger partial charge in [0.15, 0.2) is 0 Å². The summed E-state index contributed by atoms with van der Waals surface area (Å²) < 4.78 is 6.99. The zero-order chi connectivity index (χ0) is 15.2. The molecular weight excluding hydrogens is 395 g/mol. The molecule has 1 unspecified atom stereocenters. The van der Waals surface area contributed by atoms with Crippen molar-refractivity contribution in [2.45, 2.75) is 31.6 Å². The second-order valence-electron chi connectivity index (χ2n) is 6.27. The summed E-state index contributed by atoms with van der Waals surface area (Å²) in [4.78, 5) is 0. The minimum absolute atomic E-state index is 0.0573. The second-order valence-corrected chi connectivity index (χ2v) is 7.78. The van der Waals surface area contributed by atoms with Gasteiger partial charge in [-0.1, -0.05) is 38.1 Å². The van der Waals surface area contributed by atoms with Gasteiger partial charge in [0, 0.05) is 14.5 Å². The molecule has 0 saturated heterocycles. The van der Waals surface area contributed by atoms with Crippen LogP contribution in [0.1, 0.15) is 41.5 Å². The van der Waals surface area contributed by atoms with Crippen molar-refractivity contribution in [1.29, 1.82) is 0 Å². The van der Waals surface area contributed by atoms with Gasteiger partial charge >= 0.3 is 0 Å². The zero-order valence-electron chi connectivity index (χ0n) is 12.4. The van der Waals surface area contributed by atoms with E-state index in [4.69, 9.17) is 16.3 Å². The molecule has 0 bridgehead atoms. The Morgan fingerprint density at radius 2 is 2.00 bits per heavy atom. The van der Waals surface area contributed by atoms with E-state index >= 15 is 0 Å². The first-order valence-electron chi connectivity index (χ1n) is 7.06.